The zero-order chi connectivity index (χ0) is 12.3. The first kappa shape index (κ1) is 12.6. The summed E-state index contributed by atoms with van der Waals surface area (Å²) in [5.74, 6) is 0.810. The number of amides is 2. The Kier molecular flexibility index (Phi) is 4.15. The van der Waals surface area contributed by atoms with E-state index in [2.05, 4.69) is 5.32 Å². The summed E-state index contributed by atoms with van der Waals surface area (Å²) < 4.78 is 0. The second-order valence-corrected chi connectivity index (χ2v) is 5.18. The minimum atomic E-state index is -0.255. The van der Waals surface area contributed by atoms with E-state index in [-0.39, 0.29) is 17.9 Å². The summed E-state index contributed by atoms with van der Waals surface area (Å²) in [7, 11) is 0. The summed E-state index contributed by atoms with van der Waals surface area (Å²) in [4.78, 5) is 24.9. The summed E-state index contributed by atoms with van der Waals surface area (Å²) in [6.45, 7) is 3.42. The molecule has 17 heavy (non-hydrogen) atoms. The van der Waals surface area contributed by atoms with Crippen molar-refractivity contribution in [3.05, 3.63) is 0 Å². The van der Waals surface area contributed by atoms with Crippen LogP contribution in [0.3, 0.4) is 0 Å². The average molecular weight is 238 g/mol. The van der Waals surface area contributed by atoms with Crippen LogP contribution in [0.5, 0.6) is 0 Å². The third kappa shape index (κ3) is 2.86. The molecule has 2 aliphatic rings. The number of likely N-dealkylation sites (tertiary alicyclic amines) is 1. The van der Waals surface area contributed by atoms with Gasteiger partial charge in [0.15, 0.2) is 0 Å². The van der Waals surface area contributed by atoms with Gasteiger partial charge in [0.05, 0.1) is 12.5 Å². The van der Waals surface area contributed by atoms with Gasteiger partial charge in [0.2, 0.25) is 11.8 Å². The minimum absolute atomic E-state index is 0.0157. The molecule has 1 atom stereocenters. The van der Waals surface area contributed by atoms with Gasteiger partial charge in [0, 0.05) is 6.54 Å². The normalized spacial score (nSPS) is 25.5. The van der Waals surface area contributed by atoms with Gasteiger partial charge in [0.1, 0.15) is 0 Å². The monoisotopic (exact) mass is 238 g/mol. The van der Waals surface area contributed by atoms with Gasteiger partial charge in [-0.2, -0.15) is 0 Å². The first-order valence-electron chi connectivity index (χ1n) is 6.80. The summed E-state index contributed by atoms with van der Waals surface area (Å²) >= 11 is 0. The van der Waals surface area contributed by atoms with E-state index < -0.39 is 0 Å². The van der Waals surface area contributed by atoms with E-state index in [9.17, 15) is 9.59 Å². The van der Waals surface area contributed by atoms with Gasteiger partial charge in [-0.25, -0.2) is 0 Å². The molecule has 0 aromatic rings. The maximum atomic E-state index is 11.9. The van der Waals surface area contributed by atoms with Gasteiger partial charge in [-0.1, -0.05) is 26.2 Å². The molecule has 1 unspecified atom stereocenters. The second-order valence-electron chi connectivity index (χ2n) is 5.18. The highest BCUT2D eigenvalue weighted by Crippen LogP contribution is 2.28. The zero-order valence-electron chi connectivity index (χ0n) is 10.6. The van der Waals surface area contributed by atoms with Crippen molar-refractivity contribution in [3.8, 4) is 0 Å². The van der Waals surface area contributed by atoms with Crippen LogP contribution in [0.15, 0.2) is 0 Å². The molecule has 2 amide bonds. The highest BCUT2D eigenvalue weighted by Gasteiger charge is 2.37. The Morgan fingerprint density at radius 2 is 2.12 bits per heavy atom. The number of carbonyl (C=O) groups excluding carboxylic acids is 2. The fourth-order valence-electron chi connectivity index (χ4n) is 2.54. The maximum Gasteiger partial charge on any atom is 0.246 e. The van der Waals surface area contributed by atoms with Crippen LogP contribution in [-0.2, 0) is 9.59 Å². The standard InChI is InChI=1S/C13H22N2O2/c1-2-8-15-12(16)9-11(13(15)17)14-7-6-10-4-3-5-10/h10-11,14H,2-9H2,1H3. The lowest BCUT2D eigenvalue weighted by atomic mass is 9.83. The van der Waals surface area contributed by atoms with Crippen LogP contribution in [0.25, 0.3) is 0 Å². The lowest BCUT2D eigenvalue weighted by Gasteiger charge is -2.25. The van der Waals surface area contributed by atoms with E-state index >= 15 is 0 Å². The first-order chi connectivity index (χ1) is 8.22. The Morgan fingerprint density at radius 1 is 1.35 bits per heavy atom. The largest absolute Gasteiger partial charge is 0.305 e. The van der Waals surface area contributed by atoms with Gasteiger partial charge in [0.25, 0.3) is 0 Å². The van der Waals surface area contributed by atoms with E-state index in [1.54, 1.807) is 0 Å². The predicted molar refractivity (Wildman–Crippen MR) is 65.4 cm³/mol. The van der Waals surface area contributed by atoms with Gasteiger partial charge in [-0.15, -0.1) is 0 Å². The molecule has 0 aromatic heterocycles. The van der Waals surface area contributed by atoms with Crippen LogP contribution in [0.2, 0.25) is 0 Å². The molecule has 0 aromatic carbocycles. The molecule has 1 aliphatic heterocycles. The topological polar surface area (TPSA) is 49.4 Å². The Morgan fingerprint density at radius 3 is 2.71 bits per heavy atom. The average Bonchev–Trinajstić information content (AvgIpc) is 2.50. The summed E-state index contributed by atoms with van der Waals surface area (Å²) in [6.07, 6.45) is 6.36. The Bertz CT molecular complexity index is 300. The van der Waals surface area contributed by atoms with Crippen molar-refractivity contribution in [2.75, 3.05) is 13.1 Å². The first-order valence-corrected chi connectivity index (χ1v) is 6.80. The van der Waals surface area contributed by atoms with E-state index in [0.29, 0.717) is 13.0 Å². The Labute approximate surface area is 103 Å². The number of rotatable bonds is 6. The number of carbonyl (C=O) groups is 2. The molecular weight excluding hydrogens is 216 g/mol. The molecule has 2 fully saturated rings. The summed E-state index contributed by atoms with van der Waals surface area (Å²) in [5.41, 5.74) is 0. The van der Waals surface area contributed by atoms with Crippen molar-refractivity contribution in [2.45, 2.75) is 51.5 Å². The number of imide groups is 1. The molecule has 1 heterocycles. The van der Waals surface area contributed by atoms with Crippen LogP contribution in [0.4, 0.5) is 0 Å². The smallest absolute Gasteiger partial charge is 0.246 e. The number of hydrogen-bond acceptors (Lipinski definition) is 3. The molecule has 96 valence electrons. The van der Waals surface area contributed by atoms with E-state index in [1.165, 1.54) is 24.2 Å². The van der Waals surface area contributed by atoms with E-state index in [1.807, 2.05) is 6.92 Å². The fraction of sp³-hybridized carbons (Fsp3) is 0.846. The van der Waals surface area contributed by atoms with E-state index in [4.69, 9.17) is 0 Å². The second kappa shape index (κ2) is 5.63. The molecule has 1 saturated heterocycles. The molecular formula is C13H22N2O2. The molecule has 0 bridgehead atoms. The van der Waals surface area contributed by atoms with Crippen LogP contribution in [-0.4, -0.2) is 35.8 Å². The zero-order valence-corrected chi connectivity index (χ0v) is 10.6. The quantitative estimate of drug-likeness (QED) is 0.710. The van der Waals surface area contributed by atoms with Crippen LogP contribution >= 0.6 is 0 Å². The molecule has 0 radical (unpaired) electrons. The van der Waals surface area contributed by atoms with Crippen molar-refractivity contribution >= 4 is 11.8 Å². The van der Waals surface area contributed by atoms with Crippen molar-refractivity contribution in [3.63, 3.8) is 0 Å². The molecule has 0 spiro atoms. The third-order valence-electron chi connectivity index (χ3n) is 3.86. The van der Waals surface area contributed by atoms with Crippen molar-refractivity contribution < 1.29 is 9.59 Å². The Balaban J connectivity index is 1.73. The summed E-state index contributed by atoms with van der Waals surface area (Å²) in [5, 5.41) is 3.24. The van der Waals surface area contributed by atoms with Gasteiger partial charge >= 0.3 is 0 Å². The Hall–Kier alpha value is -0.900. The number of hydrogen-bond donors (Lipinski definition) is 1. The minimum Gasteiger partial charge on any atom is -0.305 e. The highest BCUT2D eigenvalue weighted by atomic mass is 16.2. The molecule has 4 nitrogen and oxygen atoms in total. The van der Waals surface area contributed by atoms with E-state index in [0.717, 1.165) is 25.3 Å². The molecule has 1 N–H and O–H groups in total. The van der Waals surface area contributed by atoms with Crippen LogP contribution in [0, 0.1) is 5.92 Å². The third-order valence-corrected chi connectivity index (χ3v) is 3.86. The van der Waals surface area contributed by atoms with Crippen LogP contribution in [0.1, 0.15) is 45.4 Å². The lowest BCUT2D eigenvalue weighted by molar-refractivity contribution is -0.138. The maximum absolute atomic E-state index is 11.9. The lowest BCUT2D eigenvalue weighted by Crippen LogP contribution is -2.40. The van der Waals surface area contributed by atoms with Gasteiger partial charge in [-0.05, 0) is 25.3 Å². The van der Waals surface area contributed by atoms with Gasteiger partial charge in [-0.3, -0.25) is 14.5 Å². The van der Waals surface area contributed by atoms with Crippen molar-refractivity contribution in [1.29, 1.82) is 0 Å². The molecule has 2 rings (SSSR count). The highest BCUT2D eigenvalue weighted by molar-refractivity contribution is 6.05. The predicted octanol–water partition coefficient (Wildman–Crippen LogP) is 1.30. The molecule has 1 aliphatic carbocycles. The van der Waals surface area contributed by atoms with Crippen molar-refractivity contribution in [1.82, 2.24) is 10.2 Å². The summed E-state index contributed by atoms with van der Waals surface area (Å²) in [6, 6.07) is -0.255. The van der Waals surface area contributed by atoms with Gasteiger partial charge < -0.3 is 5.32 Å². The number of nitrogens with zero attached hydrogens (tertiary/aromatic N) is 1. The van der Waals surface area contributed by atoms with Crippen molar-refractivity contribution in [2.24, 2.45) is 5.92 Å². The SMILES string of the molecule is CCCN1C(=O)CC(NCCC2CCC2)C1=O. The molecule has 1 saturated carbocycles. The fourth-order valence-corrected chi connectivity index (χ4v) is 2.54. The molecule has 4 heteroatoms. The number of nitrogens with one attached hydrogen (secondary N) is 1. The van der Waals surface area contributed by atoms with Crippen LogP contribution < -0.4 is 5.32 Å².